The number of fused-ring (bicyclic) bond motifs is 2. The van der Waals surface area contributed by atoms with Gasteiger partial charge in [-0.15, -0.1) is 11.3 Å². The number of nitrogens with one attached hydrogen (secondary N) is 1. The van der Waals surface area contributed by atoms with Crippen molar-refractivity contribution >= 4 is 27.4 Å². The molecule has 2 saturated heterocycles. The predicted molar refractivity (Wildman–Crippen MR) is 83.9 cm³/mol. The molecule has 0 aliphatic carbocycles. The van der Waals surface area contributed by atoms with Crippen LogP contribution in [0.25, 0.3) is 10.2 Å². The van der Waals surface area contributed by atoms with Gasteiger partial charge in [0.1, 0.15) is 17.0 Å². The number of piperidine rings is 1. The molecule has 0 unspecified atom stereocenters. The van der Waals surface area contributed by atoms with E-state index in [2.05, 4.69) is 20.2 Å². The van der Waals surface area contributed by atoms with Crippen molar-refractivity contribution in [2.45, 2.75) is 31.5 Å². The number of nitrogens with zero attached hydrogens (tertiary/aromatic N) is 3. The molecule has 0 saturated carbocycles. The van der Waals surface area contributed by atoms with Gasteiger partial charge in [0, 0.05) is 24.0 Å². The number of anilines is 1. The summed E-state index contributed by atoms with van der Waals surface area (Å²) in [6, 6.07) is 2.19. The molecule has 124 valence electrons. The summed E-state index contributed by atoms with van der Waals surface area (Å²) in [5.74, 6) is 1.38. The average Bonchev–Trinajstić information content (AvgIpc) is 3.09. The maximum absolute atomic E-state index is 12.6. The third-order valence-electron chi connectivity index (χ3n) is 4.69. The summed E-state index contributed by atoms with van der Waals surface area (Å²) in [5.41, 5.74) is 0. The summed E-state index contributed by atoms with van der Waals surface area (Å²) >= 11 is 1.11. The molecular formula is C15H17F3N4S. The first kappa shape index (κ1) is 15.1. The van der Waals surface area contributed by atoms with Crippen LogP contribution in [0.5, 0.6) is 0 Å². The van der Waals surface area contributed by atoms with E-state index >= 15 is 0 Å². The Hall–Kier alpha value is -1.41. The minimum atomic E-state index is -4.19. The average molecular weight is 342 g/mol. The Labute approximate surface area is 135 Å². The van der Waals surface area contributed by atoms with Crippen molar-refractivity contribution in [3.8, 4) is 0 Å². The van der Waals surface area contributed by atoms with Gasteiger partial charge in [-0.1, -0.05) is 0 Å². The molecule has 2 aromatic rings. The monoisotopic (exact) mass is 342 g/mol. The number of hydrogen-bond donors (Lipinski definition) is 1. The van der Waals surface area contributed by atoms with Crippen molar-refractivity contribution in [2.24, 2.45) is 5.92 Å². The van der Waals surface area contributed by atoms with Crippen molar-refractivity contribution in [3.63, 3.8) is 0 Å². The van der Waals surface area contributed by atoms with Crippen LogP contribution in [0.15, 0.2) is 12.4 Å². The molecule has 23 heavy (non-hydrogen) atoms. The van der Waals surface area contributed by atoms with E-state index < -0.39 is 12.6 Å². The highest BCUT2D eigenvalue weighted by atomic mass is 32.1. The van der Waals surface area contributed by atoms with Crippen LogP contribution in [-0.2, 0) is 6.42 Å². The third kappa shape index (κ3) is 3.01. The van der Waals surface area contributed by atoms with Crippen LogP contribution in [0, 0.1) is 5.92 Å². The zero-order chi connectivity index (χ0) is 16.0. The van der Waals surface area contributed by atoms with Gasteiger partial charge in [-0.25, -0.2) is 9.97 Å². The Bertz CT molecular complexity index is 714. The first-order valence-electron chi connectivity index (χ1n) is 7.78. The maximum atomic E-state index is 12.6. The number of thiophene rings is 1. The van der Waals surface area contributed by atoms with Gasteiger partial charge in [0.2, 0.25) is 0 Å². The molecule has 0 bridgehead atoms. The lowest BCUT2D eigenvalue weighted by Crippen LogP contribution is -2.44. The Balaban J connectivity index is 1.64. The van der Waals surface area contributed by atoms with Crippen molar-refractivity contribution in [1.82, 2.24) is 15.3 Å². The highest BCUT2D eigenvalue weighted by Gasteiger charge is 2.34. The second kappa shape index (κ2) is 5.59. The van der Waals surface area contributed by atoms with Gasteiger partial charge >= 0.3 is 6.18 Å². The lowest BCUT2D eigenvalue weighted by molar-refractivity contribution is -0.126. The highest BCUT2D eigenvalue weighted by molar-refractivity contribution is 7.18. The van der Waals surface area contributed by atoms with Gasteiger partial charge in [0.25, 0.3) is 0 Å². The molecule has 0 spiro atoms. The molecule has 8 heteroatoms. The zero-order valence-corrected chi connectivity index (χ0v) is 13.3. The van der Waals surface area contributed by atoms with Crippen molar-refractivity contribution in [2.75, 3.05) is 24.5 Å². The van der Waals surface area contributed by atoms with Gasteiger partial charge < -0.3 is 10.2 Å². The Morgan fingerprint density at radius 2 is 2.17 bits per heavy atom. The molecule has 4 nitrogen and oxygen atoms in total. The van der Waals surface area contributed by atoms with Crippen LogP contribution >= 0.6 is 11.3 Å². The smallest absolute Gasteiger partial charge is 0.356 e. The molecule has 0 radical (unpaired) electrons. The van der Waals surface area contributed by atoms with E-state index in [1.54, 1.807) is 6.07 Å². The summed E-state index contributed by atoms with van der Waals surface area (Å²) in [6.45, 7) is 2.84. The van der Waals surface area contributed by atoms with E-state index in [0.29, 0.717) is 21.7 Å². The molecule has 4 heterocycles. The Morgan fingerprint density at radius 1 is 1.30 bits per heavy atom. The number of halogens is 3. The molecule has 0 aromatic carbocycles. The molecule has 2 aliphatic heterocycles. The van der Waals surface area contributed by atoms with Crippen LogP contribution < -0.4 is 10.2 Å². The molecule has 1 N–H and O–H groups in total. The van der Waals surface area contributed by atoms with Crippen LogP contribution in [0.3, 0.4) is 0 Å². The largest absolute Gasteiger partial charge is 0.393 e. The van der Waals surface area contributed by atoms with Gasteiger partial charge in [0.15, 0.2) is 0 Å². The SMILES string of the molecule is FC(F)(F)Cc1cc2c(N3CC[C@@H]4NCC[C@@H]4C3)ncnc2s1. The van der Waals surface area contributed by atoms with E-state index in [4.69, 9.17) is 0 Å². The van der Waals surface area contributed by atoms with E-state index in [-0.39, 0.29) is 0 Å². The quantitative estimate of drug-likeness (QED) is 0.911. The number of hydrogen-bond acceptors (Lipinski definition) is 5. The van der Waals surface area contributed by atoms with Crippen molar-refractivity contribution in [1.29, 1.82) is 0 Å². The molecular weight excluding hydrogens is 325 g/mol. The molecule has 2 fully saturated rings. The standard InChI is InChI=1S/C15H17F3N4S/c16-15(17,18)6-10-5-11-13(20-8-21-14(11)23-10)22-4-2-12-9(7-22)1-3-19-12/h5,8-9,12,19H,1-4,6-7H2/t9-,12+/m1/s1. The summed E-state index contributed by atoms with van der Waals surface area (Å²) < 4.78 is 37.9. The predicted octanol–water partition coefficient (Wildman–Crippen LogP) is 2.98. The lowest BCUT2D eigenvalue weighted by atomic mass is 9.93. The summed E-state index contributed by atoms with van der Waals surface area (Å²) in [6.07, 6.45) is -1.43. The van der Waals surface area contributed by atoms with Crippen molar-refractivity contribution in [3.05, 3.63) is 17.3 Å². The fourth-order valence-electron chi connectivity index (χ4n) is 3.67. The van der Waals surface area contributed by atoms with E-state index in [0.717, 1.165) is 55.0 Å². The Morgan fingerprint density at radius 3 is 3.00 bits per heavy atom. The van der Waals surface area contributed by atoms with Crippen LogP contribution in [-0.4, -0.2) is 41.8 Å². The second-order valence-corrected chi connectivity index (χ2v) is 7.38. The lowest BCUT2D eigenvalue weighted by Gasteiger charge is -2.35. The summed E-state index contributed by atoms with van der Waals surface area (Å²) in [5, 5.41) is 4.27. The number of rotatable bonds is 2. The molecule has 0 amide bonds. The Kier molecular flexibility index (Phi) is 3.68. The summed E-state index contributed by atoms with van der Waals surface area (Å²) in [4.78, 5) is 11.7. The minimum absolute atomic E-state index is 0.298. The van der Waals surface area contributed by atoms with E-state index in [1.807, 2.05) is 0 Å². The third-order valence-corrected chi connectivity index (χ3v) is 5.73. The zero-order valence-electron chi connectivity index (χ0n) is 12.4. The van der Waals surface area contributed by atoms with Gasteiger partial charge in [0.05, 0.1) is 11.8 Å². The van der Waals surface area contributed by atoms with Gasteiger partial charge in [-0.05, 0) is 31.4 Å². The van der Waals surface area contributed by atoms with Crippen LogP contribution in [0.1, 0.15) is 17.7 Å². The summed E-state index contributed by atoms with van der Waals surface area (Å²) in [7, 11) is 0. The fraction of sp³-hybridized carbons (Fsp3) is 0.600. The van der Waals surface area contributed by atoms with E-state index in [9.17, 15) is 13.2 Å². The van der Waals surface area contributed by atoms with E-state index in [1.165, 1.54) is 6.33 Å². The molecule has 4 rings (SSSR count). The van der Waals surface area contributed by atoms with Crippen molar-refractivity contribution < 1.29 is 13.2 Å². The molecule has 2 atom stereocenters. The van der Waals surface area contributed by atoms with Gasteiger partial charge in [-0.2, -0.15) is 13.2 Å². The number of alkyl halides is 3. The van der Waals surface area contributed by atoms with Crippen LogP contribution in [0.2, 0.25) is 0 Å². The minimum Gasteiger partial charge on any atom is -0.356 e. The maximum Gasteiger partial charge on any atom is 0.393 e. The number of aromatic nitrogens is 2. The first-order chi connectivity index (χ1) is 11.0. The first-order valence-corrected chi connectivity index (χ1v) is 8.60. The fourth-order valence-corrected chi connectivity index (χ4v) is 4.69. The topological polar surface area (TPSA) is 41.0 Å². The molecule has 2 aliphatic rings. The second-order valence-electron chi connectivity index (χ2n) is 6.26. The van der Waals surface area contributed by atoms with Crippen LogP contribution in [0.4, 0.5) is 19.0 Å². The normalized spacial score (nSPS) is 25.1. The van der Waals surface area contributed by atoms with Gasteiger partial charge in [-0.3, -0.25) is 0 Å². The highest BCUT2D eigenvalue weighted by Crippen LogP contribution is 2.35. The molecule has 2 aromatic heterocycles.